The van der Waals surface area contributed by atoms with Crippen LogP contribution in [0.25, 0.3) is 12.2 Å². The number of amides is 2. The average Bonchev–Trinajstić information content (AvgIpc) is 2.61. The molecule has 0 bridgehead atoms. The molecule has 2 aromatic carbocycles. The van der Waals surface area contributed by atoms with Crippen molar-refractivity contribution in [3.63, 3.8) is 0 Å². The maximum Gasteiger partial charge on any atom is 0.265 e. The number of hydrogen-bond acceptors (Lipinski definition) is 3. The highest BCUT2D eigenvalue weighted by molar-refractivity contribution is 6.03. The lowest BCUT2D eigenvalue weighted by Gasteiger charge is -2.05. The number of rotatable bonds is 6. The van der Waals surface area contributed by atoms with Gasteiger partial charge in [0.25, 0.3) is 5.91 Å². The summed E-state index contributed by atoms with van der Waals surface area (Å²) >= 11 is 0. The van der Waals surface area contributed by atoms with Crippen LogP contribution in [0.4, 0.5) is 0 Å². The molecule has 5 nitrogen and oxygen atoms in total. The number of carbonyl (C=O) groups excluding carboxylic acids is 2. The Morgan fingerprint density at radius 1 is 1.00 bits per heavy atom. The number of nitrogens with two attached hydrogens (primary N) is 1. The van der Waals surface area contributed by atoms with Crippen molar-refractivity contribution >= 4 is 24.0 Å². The summed E-state index contributed by atoms with van der Waals surface area (Å²) in [5.74, 6) is -0.452. The van der Waals surface area contributed by atoms with Crippen LogP contribution in [0.5, 0.6) is 5.75 Å². The van der Waals surface area contributed by atoms with Crippen LogP contribution in [0.2, 0.25) is 0 Å². The number of ether oxygens (including phenoxy) is 1. The fraction of sp³-hybridized carbons (Fsp3) is 0.0526. The molecule has 0 spiro atoms. The van der Waals surface area contributed by atoms with Crippen LogP contribution in [0.15, 0.2) is 66.4 Å². The predicted octanol–water partition coefficient (Wildman–Crippen LogP) is 2.35. The highest BCUT2D eigenvalue weighted by atomic mass is 16.5. The van der Waals surface area contributed by atoms with Crippen LogP contribution in [0, 0.1) is 0 Å². The van der Waals surface area contributed by atoms with E-state index < -0.39 is 11.8 Å². The van der Waals surface area contributed by atoms with Crippen LogP contribution in [-0.2, 0) is 9.59 Å². The SMILES string of the molecule is COc1ccc(C=C(NC(=O)C=Cc2ccccc2)C(N)=O)cc1. The average molecular weight is 322 g/mol. The topological polar surface area (TPSA) is 81.4 Å². The Morgan fingerprint density at radius 2 is 1.67 bits per heavy atom. The maximum absolute atomic E-state index is 12.0. The molecule has 3 N–H and O–H groups in total. The number of nitrogens with one attached hydrogen (secondary N) is 1. The monoisotopic (exact) mass is 322 g/mol. The molecule has 0 aliphatic heterocycles. The van der Waals surface area contributed by atoms with Crippen LogP contribution in [-0.4, -0.2) is 18.9 Å². The van der Waals surface area contributed by atoms with E-state index in [2.05, 4.69) is 5.32 Å². The number of benzene rings is 2. The highest BCUT2D eigenvalue weighted by Crippen LogP contribution is 2.13. The van der Waals surface area contributed by atoms with Gasteiger partial charge < -0.3 is 15.8 Å². The van der Waals surface area contributed by atoms with Crippen LogP contribution in [0.3, 0.4) is 0 Å². The smallest absolute Gasteiger partial charge is 0.265 e. The minimum absolute atomic E-state index is 0.0166. The van der Waals surface area contributed by atoms with Crippen molar-refractivity contribution in [1.29, 1.82) is 0 Å². The zero-order valence-electron chi connectivity index (χ0n) is 13.2. The van der Waals surface area contributed by atoms with Gasteiger partial charge in [-0.1, -0.05) is 42.5 Å². The van der Waals surface area contributed by atoms with Crippen LogP contribution in [0.1, 0.15) is 11.1 Å². The minimum atomic E-state index is -0.715. The normalized spacial score (nSPS) is 11.3. The third kappa shape index (κ3) is 5.14. The Morgan fingerprint density at radius 3 is 2.25 bits per heavy atom. The standard InChI is InChI=1S/C19H18N2O3/c1-24-16-10-7-15(8-11-16)13-17(19(20)23)21-18(22)12-9-14-5-3-2-4-6-14/h2-13H,1H3,(H2,20,23)(H,21,22). The molecule has 0 atom stereocenters. The molecule has 2 amide bonds. The lowest BCUT2D eigenvalue weighted by Crippen LogP contribution is -2.29. The van der Waals surface area contributed by atoms with Crippen molar-refractivity contribution in [3.05, 3.63) is 77.5 Å². The summed E-state index contributed by atoms with van der Waals surface area (Å²) in [6.07, 6.45) is 4.51. The summed E-state index contributed by atoms with van der Waals surface area (Å²) in [7, 11) is 1.57. The lowest BCUT2D eigenvalue weighted by atomic mass is 10.1. The molecule has 2 aromatic rings. The molecule has 0 aliphatic carbocycles. The Labute approximate surface area is 140 Å². The summed E-state index contributed by atoms with van der Waals surface area (Å²) in [5, 5.41) is 2.49. The van der Waals surface area contributed by atoms with Gasteiger partial charge in [0.1, 0.15) is 11.4 Å². The van der Waals surface area contributed by atoms with E-state index in [-0.39, 0.29) is 5.70 Å². The van der Waals surface area contributed by atoms with Crippen molar-refractivity contribution in [3.8, 4) is 5.75 Å². The molecule has 0 aliphatic rings. The van der Waals surface area contributed by atoms with Gasteiger partial charge in [0.05, 0.1) is 7.11 Å². The Kier molecular flexibility index (Phi) is 5.91. The number of hydrogen-bond donors (Lipinski definition) is 2. The summed E-state index contributed by atoms with van der Waals surface area (Å²) in [5.41, 5.74) is 6.94. The lowest BCUT2D eigenvalue weighted by molar-refractivity contribution is -0.119. The van der Waals surface area contributed by atoms with E-state index >= 15 is 0 Å². The van der Waals surface area contributed by atoms with E-state index in [0.717, 1.165) is 11.1 Å². The van der Waals surface area contributed by atoms with Crippen molar-refractivity contribution in [2.24, 2.45) is 5.73 Å². The van der Waals surface area contributed by atoms with E-state index in [9.17, 15) is 9.59 Å². The first-order chi connectivity index (χ1) is 11.6. The molecule has 0 heterocycles. The Balaban J connectivity index is 2.10. The van der Waals surface area contributed by atoms with Gasteiger partial charge in [0, 0.05) is 6.08 Å². The number of carbonyl (C=O) groups is 2. The second kappa shape index (κ2) is 8.33. The van der Waals surface area contributed by atoms with Crippen molar-refractivity contribution < 1.29 is 14.3 Å². The summed E-state index contributed by atoms with van der Waals surface area (Å²) in [6.45, 7) is 0. The van der Waals surface area contributed by atoms with Gasteiger partial charge in [-0.15, -0.1) is 0 Å². The molecule has 0 saturated heterocycles. The van der Waals surface area contributed by atoms with Gasteiger partial charge in [-0.3, -0.25) is 9.59 Å². The molecule has 0 aromatic heterocycles. The van der Waals surface area contributed by atoms with Gasteiger partial charge in [0.15, 0.2) is 0 Å². The van der Waals surface area contributed by atoms with Crippen molar-refractivity contribution in [2.45, 2.75) is 0 Å². The zero-order chi connectivity index (χ0) is 17.4. The van der Waals surface area contributed by atoms with Crippen molar-refractivity contribution in [1.82, 2.24) is 5.32 Å². The fourth-order valence-corrected chi connectivity index (χ4v) is 1.95. The summed E-state index contributed by atoms with van der Waals surface area (Å²) in [6, 6.07) is 16.4. The predicted molar refractivity (Wildman–Crippen MR) is 93.8 cm³/mol. The molecule has 2 rings (SSSR count). The Hall–Kier alpha value is -3.34. The first kappa shape index (κ1) is 17.0. The first-order valence-electron chi connectivity index (χ1n) is 7.28. The molecular weight excluding hydrogens is 304 g/mol. The molecule has 0 saturated carbocycles. The van der Waals surface area contributed by atoms with E-state index in [1.54, 1.807) is 37.5 Å². The quantitative estimate of drug-likeness (QED) is 0.801. The molecule has 0 radical (unpaired) electrons. The van der Waals surface area contributed by atoms with E-state index in [1.165, 1.54) is 12.2 Å². The molecule has 24 heavy (non-hydrogen) atoms. The molecule has 122 valence electrons. The first-order valence-corrected chi connectivity index (χ1v) is 7.28. The molecular formula is C19H18N2O3. The van der Waals surface area contributed by atoms with E-state index in [1.807, 2.05) is 30.3 Å². The van der Waals surface area contributed by atoms with Crippen molar-refractivity contribution in [2.75, 3.05) is 7.11 Å². The van der Waals surface area contributed by atoms with Gasteiger partial charge in [-0.05, 0) is 35.4 Å². The number of methoxy groups -OCH3 is 1. The summed E-state index contributed by atoms with van der Waals surface area (Å²) < 4.78 is 5.07. The highest BCUT2D eigenvalue weighted by Gasteiger charge is 2.08. The minimum Gasteiger partial charge on any atom is -0.497 e. The third-order valence-corrected chi connectivity index (χ3v) is 3.18. The third-order valence-electron chi connectivity index (χ3n) is 3.18. The van der Waals surface area contributed by atoms with Crippen LogP contribution >= 0.6 is 0 Å². The van der Waals surface area contributed by atoms with Gasteiger partial charge in [-0.25, -0.2) is 0 Å². The largest absolute Gasteiger partial charge is 0.497 e. The van der Waals surface area contributed by atoms with E-state index in [4.69, 9.17) is 10.5 Å². The Bertz CT molecular complexity index is 763. The van der Waals surface area contributed by atoms with Crippen LogP contribution < -0.4 is 15.8 Å². The second-order valence-electron chi connectivity index (χ2n) is 4.93. The van der Waals surface area contributed by atoms with E-state index in [0.29, 0.717) is 5.75 Å². The zero-order valence-corrected chi connectivity index (χ0v) is 13.2. The summed E-state index contributed by atoms with van der Waals surface area (Å²) in [4.78, 5) is 23.5. The fourth-order valence-electron chi connectivity index (χ4n) is 1.95. The molecule has 5 heteroatoms. The van der Waals surface area contributed by atoms with Gasteiger partial charge in [0.2, 0.25) is 5.91 Å². The molecule has 0 fully saturated rings. The van der Waals surface area contributed by atoms with Gasteiger partial charge in [-0.2, -0.15) is 0 Å². The maximum atomic E-state index is 12.0. The second-order valence-corrected chi connectivity index (χ2v) is 4.93. The van der Waals surface area contributed by atoms with Gasteiger partial charge >= 0.3 is 0 Å². The molecule has 0 unspecified atom stereocenters. The number of primary amides is 1.